The lowest BCUT2D eigenvalue weighted by atomic mass is 9.84. The number of carbonyl (C=O) groups is 2. The van der Waals surface area contributed by atoms with Gasteiger partial charge in [0.2, 0.25) is 0 Å². The van der Waals surface area contributed by atoms with E-state index >= 15 is 0 Å². The van der Waals surface area contributed by atoms with Gasteiger partial charge in [-0.3, -0.25) is 4.79 Å². The lowest BCUT2D eigenvalue weighted by molar-refractivity contribution is -0.142. The van der Waals surface area contributed by atoms with Crippen molar-refractivity contribution in [3.8, 4) is 0 Å². The third kappa shape index (κ3) is 6.23. The molecule has 6 heteroatoms. The third-order valence-corrected chi connectivity index (χ3v) is 3.33. The molecule has 6 nitrogen and oxygen atoms in total. The second-order valence-electron chi connectivity index (χ2n) is 6.58. The summed E-state index contributed by atoms with van der Waals surface area (Å²) in [6, 6.07) is -0.158. The van der Waals surface area contributed by atoms with Crippen LogP contribution in [0.4, 0.5) is 4.79 Å². The highest BCUT2D eigenvalue weighted by Crippen LogP contribution is 2.24. The van der Waals surface area contributed by atoms with Crippen LogP contribution < -0.4 is 10.6 Å². The molecule has 1 rings (SSSR count). The summed E-state index contributed by atoms with van der Waals surface area (Å²) in [5.74, 6) is -1.39. The van der Waals surface area contributed by atoms with Crippen LogP contribution in [-0.4, -0.2) is 54.7 Å². The highest BCUT2D eigenvalue weighted by atomic mass is 16.4. The van der Waals surface area contributed by atoms with Crippen LogP contribution >= 0.6 is 0 Å². The summed E-state index contributed by atoms with van der Waals surface area (Å²) in [7, 11) is 0. The monoisotopic (exact) mass is 285 g/mol. The van der Waals surface area contributed by atoms with E-state index < -0.39 is 11.9 Å². The molecule has 0 radical (unpaired) electrons. The predicted molar refractivity (Wildman–Crippen MR) is 77.7 cm³/mol. The van der Waals surface area contributed by atoms with E-state index in [-0.39, 0.29) is 18.0 Å². The first-order valence-electron chi connectivity index (χ1n) is 7.26. The number of urea groups is 1. The lowest BCUT2D eigenvalue weighted by Crippen LogP contribution is -2.44. The zero-order valence-electron chi connectivity index (χ0n) is 12.7. The van der Waals surface area contributed by atoms with Gasteiger partial charge in [0.05, 0.1) is 5.92 Å². The van der Waals surface area contributed by atoms with Crippen LogP contribution in [0.25, 0.3) is 0 Å². The molecule has 0 aliphatic carbocycles. The Bertz CT molecular complexity index is 331. The number of rotatable bonds is 4. The van der Waals surface area contributed by atoms with Crippen molar-refractivity contribution >= 4 is 12.0 Å². The van der Waals surface area contributed by atoms with Crippen molar-refractivity contribution in [3.63, 3.8) is 0 Å². The fourth-order valence-electron chi connectivity index (χ4n) is 2.36. The fraction of sp³-hybridized carbons (Fsp3) is 0.857. The Hall–Kier alpha value is -1.30. The third-order valence-electron chi connectivity index (χ3n) is 3.33. The molecule has 1 aliphatic rings. The van der Waals surface area contributed by atoms with Gasteiger partial charge in [-0.1, -0.05) is 20.8 Å². The molecule has 3 N–H and O–H groups in total. The van der Waals surface area contributed by atoms with Crippen LogP contribution in [-0.2, 0) is 4.79 Å². The number of nitrogens with one attached hydrogen (secondary N) is 2. The van der Waals surface area contributed by atoms with Gasteiger partial charge in [-0.2, -0.15) is 0 Å². The molecule has 1 atom stereocenters. The topological polar surface area (TPSA) is 81.7 Å². The lowest BCUT2D eigenvalue weighted by Gasteiger charge is -2.25. The smallest absolute Gasteiger partial charge is 0.317 e. The zero-order chi connectivity index (χ0) is 15.2. The SMILES string of the molecule is CC(C)(C)CC(CNC(=O)N1CCCNCC1)C(=O)O. The van der Waals surface area contributed by atoms with Crippen molar-refractivity contribution in [1.29, 1.82) is 0 Å². The van der Waals surface area contributed by atoms with Crippen molar-refractivity contribution in [2.24, 2.45) is 11.3 Å². The summed E-state index contributed by atoms with van der Waals surface area (Å²) < 4.78 is 0. The second kappa shape index (κ2) is 7.47. The molecule has 2 amide bonds. The maximum absolute atomic E-state index is 12.0. The van der Waals surface area contributed by atoms with Gasteiger partial charge in [0.1, 0.15) is 0 Å². The Morgan fingerprint density at radius 1 is 1.30 bits per heavy atom. The molecule has 1 saturated heterocycles. The average molecular weight is 285 g/mol. The van der Waals surface area contributed by atoms with Crippen LogP contribution in [0.1, 0.15) is 33.6 Å². The van der Waals surface area contributed by atoms with E-state index in [0.717, 1.165) is 26.1 Å². The van der Waals surface area contributed by atoms with Crippen molar-refractivity contribution in [3.05, 3.63) is 0 Å². The minimum Gasteiger partial charge on any atom is -0.481 e. The Labute approximate surface area is 120 Å². The molecular weight excluding hydrogens is 258 g/mol. The molecule has 0 aromatic heterocycles. The first kappa shape index (κ1) is 16.8. The summed E-state index contributed by atoms with van der Waals surface area (Å²) in [4.78, 5) is 25.0. The number of hydrogen-bond acceptors (Lipinski definition) is 3. The minimum absolute atomic E-state index is 0.0691. The number of aliphatic carboxylic acids is 1. The number of carboxylic acids is 1. The summed E-state index contributed by atoms with van der Waals surface area (Å²) in [5.41, 5.74) is -0.0691. The molecule has 0 saturated carbocycles. The van der Waals surface area contributed by atoms with Gasteiger partial charge in [0, 0.05) is 26.2 Å². The van der Waals surface area contributed by atoms with Gasteiger partial charge in [0.25, 0.3) is 0 Å². The van der Waals surface area contributed by atoms with Crippen molar-refractivity contribution in [1.82, 2.24) is 15.5 Å². The van der Waals surface area contributed by atoms with Gasteiger partial charge < -0.3 is 20.6 Å². The first-order chi connectivity index (χ1) is 9.29. The Morgan fingerprint density at radius 3 is 2.60 bits per heavy atom. The molecule has 0 bridgehead atoms. The predicted octanol–water partition coefficient (Wildman–Crippen LogP) is 1.13. The van der Waals surface area contributed by atoms with Crippen molar-refractivity contribution in [2.45, 2.75) is 33.6 Å². The normalized spacial score (nSPS) is 18.2. The average Bonchev–Trinajstić information content (AvgIpc) is 2.61. The highest BCUT2D eigenvalue weighted by molar-refractivity contribution is 5.76. The quantitative estimate of drug-likeness (QED) is 0.723. The summed E-state index contributed by atoms with van der Waals surface area (Å²) in [5, 5.41) is 15.2. The zero-order valence-corrected chi connectivity index (χ0v) is 12.7. The molecule has 1 fully saturated rings. The summed E-state index contributed by atoms with van der Waals surface area (Å²) in [6.07, 6.45) is 1.47. The molecular formula is C14H27N3O3. The maximum atomic E-state index is 12.0. The van der Waals surface area contributed by atoms with Crippen molar-refractivity contribution < 1.29 is 14.7 Å². The number of amides is 2. The molecule has 0 aromatic rings. The molecule has 116 valence electrons. The molecule has 0 spiro atoms. The van der Waals surface area contributed by atoms with E-state index in [2.05, 4.69) is 10.6 Å². The Balaban J connectivity index is 2.45. The van der Waals surface area contributed by atoms with Crippen molar-refractivity contribution in [2.75, 3.05) is 32.7 Å². The van der Waals surface area contributed by atoms with Crippen LogP contribution in [0.3, 0.4) is 0 Å². The van der Waals surface area contributed by atoms with Gasteiger partial charge in [-0.15, -0.1) is 0 Å². The molecule has 20 heavy (non-hydrogen) atoms. The molecule has 1 heterocycles. The fourth-order valence-corrected chi connectivity index (χ4v) is 2.36. The summed E-state index contributed by atoms with van der Waals surface area (Å²) in [6.45, 7) is 9.30. The number of hydrogen-bond donors (Lipinski definition) is 3. The van der Waals surface area contributed by atoms with Crippen LogP contribution in [0.15, 0.2) is 0 Å². The molecule has 0 aromatic carbocycles. The minimum atomic E-state index is -0.849. The second-order valence-corrected chi connectivity index (χ2v) is 6.58. The van der Waals surface area contributed by atoms with E-state index in [9.17, 15) is 14.7 Å². The standard InChI is InChI=1S/C14H27N3O3/c1-14(2,3)9-11(12(18)19)10-16-13(20)17-7-4-5-15-6-8-17/h11,15H,4-10H2,1-3H3,(H,16,20)(H,18,19). The van der Waals surface area contributed by atoms with E-state index in [0.29, 0.717) is 13.0 Å². The van der Waals surface area contributed by atoms with E-state index in [1.807, 2.05) is 20.8 Å². The Kier molecular flexibility index (Phi) is 6.26. The Morgan fingerprint density at radius 2 is 2.00 bits per heavy atom. The number of carbonyl (C=O) groups excluding carboxylic acids is 1. The van der Waals surface area contributed by atoms with Gasteiger partial charge >= 0.3 is 12.0 Å². The van der Waals surface area contributed by atoms with E-state index in [1.54, 1.807) is 4.90 Å². The van der Waals surface area contributed by atoms with Gasteiger partial charge in [-0.05, 0) is 24.8 Å². The largest absolute Gasteiger partial charge is 0.481 e. The first-order valence-corrected chi connectivity index (χ1v) is 7.26. The van der Waals surface area contributed by atoms with Crippen LogP contribution in [0, 0.1) is 11.3 Å². The highest BCUT2D eigenvalue weighted by Gasteiger charge is 2.25. The molecule has 1 aliphatic heterocycles. The van der Waals surface area contributed by atoms with Gasteiger partial charge in [-0.25, -0.2) is 4.79 Å². The van der Waals surface area contributed by atoms with Gasteiger partial charge in [0.15, 0.2) is 0 Å². The number of nitrogens with zero attached hydrogens (tertiary/aromatic N) is 1. The molecule has 1 unspecified atom stereocenters. The van der Waals surface area contributed by atoms with Crippen LogP contribution in [0.5, 0.6) is 0 Å². The van der Waals surface area contributed by atoms with E-state index in [1.165, 1.54) is 0 Å². The van der Waals surface area contributed by atoms with Crippen LogP contribution in [0.2, 0.25) is 0 Å². The van der Waals surface area contributed by atoms with E-state index in [4.69, 9.17) is 0 Å². The summed E-state index contributed by atoms with van der Waals surface area (Å²) >= 11 is 0. The maximum Gasteiger partial charge on any atom is 0.317 e. The number of carboxylic acid groups (broad SMARTS) is 1.